The normalized spacial score (nSPS) is 12.6. The highest BCUT2D eigenvalue weighted by Gasteiger charge is 2.25. The van der Waals surface area contributed by atoms with Gasteiger partial charge in [-0.2, -0.15) is 0 Å². The maximum absolute atomic E-state index is 12.6. The molecular formula is C21H30N2O4. The predicted molar refractivity (Wildman–Crippen MR) is 105 cm³/mol. The third-order valence-corrected chi connectivity index (χ3v) is 4.24. The Morgan fingerprint density at radius 2 is 1.70 bits per heavy atom. The molecule has 0 fully saturated rings. The van der Waals surface area contributed by atoms with Crippen LogP contribution in [0.2, 0.25) is 0 Å². The van der Waals surface area contributed by atoms with E-state index in [0.717, 1.165) is 37.7 Å². The third-order valence-electron chi connectivity index (χ3n) is 4.24. The number of aliphatic carboxylic acids is 1. The van der Waals surface area contributed by atoms with Gasteiger partial charge < -0.3 is 15.7 Å². The van der Waals surface area contributed by atoms with Crippen molar-refractivity contribution in [2.45, 2.75) is 64.0 Å². The zero-order chi connectivity index (χ0) is 20.1. The topological polar surface area (TPSA) is 95.5 Å². The minimum absolute atomic E-state index is 0.306. The Balaban J connectivity index is 2.61. The lowest BCUT2D eigenvalue weighted by Crippen LogP contribution is -2.52. The zero-order valence-electron chi connectivity index (χ0n) is 15.9. The molecular weight excluding hydrogens is 344 g/mol. The average Bonchev–Trinajstić information content (AvgIpc) is 2.63. The van der Waals surface area contributed by atoms with Crippen LogP contribution in [0, 0.1) is 0 Å². The molecule has 0 unspecified atom stereocenters. The van der Waals surface area contributed by atoms with Gasteiger partial charge in [0.1, 0.15) is 12.1 Å². The highest BCUT2D eigenvalue weighted by Crippen LogP contribution is 2.09. The van der Waals surface area contributed by atoms with Crippen LogP contribution in [0.4, 0.5) is 0 Å². The van der Waals surface area contributed by atoms with E-state index in [1.807, 2.05) is 36.4 Å². The van der Waals surface area contributed by atoms with E-state index in [2.05, 4.69) is 17.2 Å². The molecule has 0 aliphatic rings. The number of allylic oxidation sites excluding steroid dienone is 1. The fraction of sp³-hybridized carbons (Fsp3) is 0.476. The molecule has 0 heterocycles. The summed E-state index contributed by atoms with van der Waals surface area (Å²) in [5.41, 5.74) is 0.889. The molecule has 6 nitrogen and oxygen atoms in total. The largest absolute Gasteiger partial charge is 0.480 e. The zero-order valence-corrected chi connectivity index (χ0v) is 15.9. The van der Waals surface area contributed by atoms with Crippen LogP contribution in [0.15, 0.2) is 43.0 Å². The van der Waals surface area contributed by atoms with Gasteiger partial charge in [0.15, 0.2) is 0 Å². The molecule has 6 heteroatoms. The number of amides is 2. The van der Waals surface area contributed by atoms with Gasteiger partial charge in [0, 0.05) is 13.3 Å². The van der Waals surface area contributed by atoms with E-state index in [-0.39, 0.29) is 5.91 Å². The Hall–Kier alpha value is -2.63. The van der Waals surface area contributed by atoms with Gasteiger partial charge in [0.05, 0.1) is 0 Å². The van der Waals surface area contributed by atoms with Crippen LogP contribution >= 0.6 is 0 Å². The number of hydrogen-bond donors (Lipinski definition) is 3. The van der Waals surface area contributed by atoms with Crippen LogP contribution in [0.1, 0.15) is 51.0 Å². The lowest BCUT2D eigenvalue weighted by atomic mass is 10.0. The second-order valence-electron chi connectivity index (χ2n) is 6.62. The van der Waals surface area contributed by atoms with Crippen molar-refractivity contribution in [3.05, 3.63) is 48.6 Å². The van der Waals surface area contributed by atoms with E-state index in [9.17, 15) is 19.5 Å². The quantitative estimate of drug-likeness (QED) is 0.365. The summed E-state index contributed by atoms with van der Waals surface area (Å²) in [5.74, 6) is -1.87. The Morgan fingerprint density at radius 1 is 1.04 bits per heavy atom. The van der Waals surface area contributed by atoms with Crippen molar-refractivity contribution in [3.63, 3.8) is 0 Å². The van der Waals surface area contributed by atoms with Crippen molar-refractivity contribution in [3.8, 4) is 0 Å². The summed E-state index contributed by atoms with van der Waals surface area (Å²) >= 11 is 0. The first kappa shape index (κ1) is 22.4. The molecule has 2 amide bonds. The first-order valence-corrected chi connectivity index (χ1v) is 9.39. The molecule has 1 aromatic carbocycles. The maximum atomic E-state index is 12.6. The molecule has 1 rings (SSSR count). The van der Waals surface area contributed by atoms with Crippen LogP contribution in [-0.4, -0.2) is 35.0 Å². The molecule has 0 spiro atoms. The van der Waals surface area contributed by atoms with Crippen LogP contribution in [0.25, 0.3) is 0 Å². The molecule has 1 aromatic rings. The lowest BCUT2D eigenvalue weighted by Gasteiger charge is -2.21. The number of nitrogens with one attached hydrogen (secondary N) is 2. The third kappa shape index (κ3) is 9.58. The second-order valence-corrected chi connectivity index (χ2v) is 6.62. The number of carbonyl (C=O) groups excluding carboxylic acids is 2. The maximum Gasteiger partial charge on any atom is 0.326 e. The number of carboxylic acid groups (broad SMARTS) is 1. The molecule has 0 bridgehead atoms. The summed E-state index contributed by atoms with van der Waals surface area (Å²) in [6.07, 6.45) is 7.17. The summed E-state index contributed by atoms with van der Waals surface area (Å²) in [5, 5.41) is 14.6. The molecule has 0 aromatic heterocycles. The van der Waals surface area contributed by atoms with E-state index in [1.165, 1.54) is 6.92 Å². The van der Waals surface area contributed by atoms with E-state index < -0.39 is 24.0 Å². The minimum atomic E-state index is -1.06. The van der Waals surface area contributed by atoms with Gasteiger partial charge in [-0.15, -0.1) is 6.58 Å². The summed E-state index contributed by atoms with van der Waals surface area (Å²) in [6, 6.07) is 7.53. The first-order chi connectivity index (χ1) is 12.9. The van der Waals surface area contributed by atoms with Gasteiger partial charge in [-0.05, 0) is 24.8 Å². The Bertz CT molecular complexity index is 616. The summed E-state index contributed by atoms with van der Waals surface area (Å²) in [4.78, 5) is 35.5. The molecule has 0 radical (unpaired) electrons. The van der Waals surface area contributed by atoms with E-state index in [1.54, 1.807) is 0 Å². The van der Waals surface area contributed by atoms with Crippen molar-refractivity contribution < 1.29 is 19.5 Å². The van der Waals surface area contributed by atoms with Crippen molar-refractivity contribution in [1.29, 1.82) is 0 Å². The number of benzene rings is 1. The number of unbranched alkanes of at least 4 members (excludes halogenated alkanes) is 4. The average molecular weight is 374 g/mol. The first-order valence-electron chi connectivity index (χ1n) is 9.39. The number of hydrogen-bond acceptors (Lipinski definition) is 3. The van der Waals surface area contributed by atoms with Crippen LogP contribution in [0.3, 0.4) is 0 Å². The smallest absolute Gasteiger partial charge is 0.326 e. The van der Waals surface area contributed by atoms with Gasteiger partial charge in [-0.25, -0.2) is 4.79 Å². The van der Waals surface area contributed by atoms with Gasteiger partial charge in [-0.3, -0.25) is 9.59 Å². The SMILES string of the molecule is C=CCCCCCC[C@@H](NC(=O)[C@@H](Cc1ccccc1)NC(C)=O)C(=O)O. The lowest BCUT2D eigenvalue weighted by molar-refractivity contribution is -0.142. The van der Waals surface area contributed by atoms with Gasteiger partial charge in [0.2, 0.25) is 11.8 Å². The molecule has 27 heavy (non-hydrogen) atoms. The number of carboxylic acids is 1. The van der Waals surface area contributed by atoms with Gasteiger partial charge >= 0.3 is 5.97 Å². The monoisotopic (exact) mass is 374 g/mol. The fourth-order valence-electron chi connectivity index (χ4n) is 2.82. The Labute approximate surface area is 161 Å². The number of carbonyl (C=O) groups is 3. The molecule has 0 aliphatic heterocycles. The van der Waals surface area contributed by atoms with Crippen LogP contribution in [0.5, 0.6) is 0 Å². The van der Waals surface area contributed by atoms with Crippen molar-refractivity contribution in [2.24, 2.45) is 0 Å². The molecule has 0 saturated heterocycles. The second kappa shape index (κ2) is 12.7. The molecule has 0 aliphatic carbocycles. The molecule has 148 valence electrons. The standard InChI is InChI=1S/C21H30N2O4/c1-3-4-5-6-7-11-14-18(21(26)27)23-20(25)19(22-16(2)24)15-17-12-9-8-10-13-17/h3,8-10,12-13,18-19H,1,4-7,11,14-15H2,2H3,(H,22,24)(H,23,25)(H,26,27)/t18-,19-/m1/s1. The van der Waals surface area contributed by atoms with E-state index in [4.69, 9.17) is 0 Å². The van der Waals surface area contributed by atoms with Crippen LogP contribution in [-0.2, 0) is 20.8 Å². The van der Waals surface area contributed by atoms with E-state index >= 15 is 0 Å². The van der Waals surface area contributed by atoms with Crippen molar-refractivity contribution in [1.82, 2.24) is 10.6 Å². The van der Waals surface area contributed by atoms with Gasteiger partial charge in [-0.1, -0.05) is 55.7 Å². The molecule has 3 N–H and O–H groups in total. The highest BCUT2D eigenvalue weighted by atomic mass is 16.4. The minimum Gasteiger partial charge on any atom is -0.480 e. The van der Waals surface area contributed by atoms with E-state index in [0.29, 0.717) is 12.8 Å². The molecule has 2 atom stereocenters. The Morgan fingerprint density at radius 3 is 2.30 bits per heavy atom. The van der Waals surface area contributed by atoms with Crippen LogP contribution < -0.4 is 10.6 Å². The summed E-state index contributed by atoms with van der Waals surface area (Å²) in [7, 11) is 0. The number of rotatable bonds is 13. The van der Waals surface area contributed by atoms with Crippen molar-refractivity contribution in [2.75, 3.05) is 0 Å². The fourth-order valence-corrected chi connectivity index (χ4v) is 2.82. The molecule has 0 saturated carbocycles. The summed E-state index contributed by atoms with van der Waals surface area (Å²) in [6.45, 7) is 5.01. The summed E-state index contributed by atoms with van der Waals surface area (Å²) < 4.78 is 0. The Kier molecular flexibility index (Phi) is 10.5. The van der Waals surface area contributed by atoms with Crippen molar-refractivity contribution >= 4 is 17.8 Å². The highest BCUT2D eigenvalue weighted by molar-refractivity contribution is 5.90. The van der Waals surface area contributed by atoms with Gasteiger partial charge in [0.25, 0.3) is 0 Å². The predicted octanol–water partition coefficient (Wildman–Crippen LogP) is 2.83.